The van der Waals surface area contributed by atoms with Gasteiger partial charge in [0.15, 0.2) is 0 Å². The van der Waals surface area contributed by atoms with Crippen molar-refractivity contribution >= 4 is 12.0 Å². The molecule has 0 fully saturated rings. The van der Waals surface area contributed by atoms with E-state index in [4.69, 9.17) is 9.84 Å². The van der Waals surface area contributed by atoms with Crippen LogP contribution in [0.5, 0.6) is 0 Å². The van der Waals surface area contributed by atoms with Gasteiger partial charge in [-0.05, 0) is 18.8 Å². The molecule has 0 radical (unpaired) electrons. The Labute approximate surface area is 120 Å². The quantitative estimate of drug-likeness (QED) is 0.398. The van der Waals surface area contributed by atoms with Gasteiger partial charge in [-0.15, -0.1) is 6.58 Å². The number of ether oxygens (including phenoxy) is 1. The molecule has 0 heterocycles. The van der Waals surface area contributed by atoms with Crippen molar-refractivity contribution in [2.24, 2.45) is 11.8 Å². The van der Waals surface area contributed by atoms with Crippen molar-refractivity contribution in [1.29, 1.82) is 0 Å². The SMILES string of the molecule is C=CCCOCCNC(=O)NCC(CC(C)C)C(=O)O. The Hall–Kier alpha value is -1.56. The fraction of sp³-hybridized carbons (Fsp3) is 0.714. The van der Waals surface area contributed by atoms with Gasteiger partial charge < -0.3 is 20.5 Å². The number of urea groups is 1. The Morgan fingerprint density at radius 3 is 2.55 bits per heavy atom. The second-order valence-electron chi connectivity index (χ2n) is 4.99. The van der Waals surface area contributed by atoms with Gasteiger partial charge in [-0.1, -0.05) is 19.9 Å². The summed E-state index contributed by atoms with van der Waals surface area (Å²) in [5, 5.41) is 14.2. The molecule has 20 heavy (non-hydrogen) atoms. The van der Waals surface area contributed by atoms with Gasteiger partial charge in [0, 0.05) is 13.1 Å². The summed E-state index contributed by atoms with van der Waals surface area (Å²) in [6, 6.07) is -0.368. The molecular weight excluding hydrogens is 260 g/mol. The highest BCUT2D eigenvalue weighted by Gasteiger charge is 2.19. The van der Waals surface area contributed by atoms with Crippen molar-refractivity contribution in [3.05, 3.63) is 12.7 Å². The van der Waals surface area contributed by atoms with E-state index in [9.17, 15) is 9.59 Å². The molecule has 0 spiro atoms. The average Bonchev–Trinajstić information content (AvgIpc) is 2.37. The smallest absolute Gasteiger partial charge is 0.314 e. The number of carbonyl (C=O) groups excluding carboxylic acids is 1. The molecule has 0 aromatic heterocycles. The van der Waals surface area contributed by atoms with Crippen molar-refractivity contribution < 1.29 is 19.4 Å². The number of amides is 2. The fourth-order valence-electron chi connectivity index (χ4n) is 1.62. The maximum atomic E-state index is 11.5. The lowest BCUT2D eigenvalue weighted by molar-refractivity contribution is -0.142. The third kappa shape index (κ3) is 10.4. The maximum absolute atomic E-state index is 11.5. The van der Waals surface area contributed by atoms with Crippen molar-refractivity contribution in [3.63, 3.8) is 0 Å². The van der Waals surface area contributed by atoms with Gasteiger partial charge in [0.05, 0.1) is 19.1 Å². The summed E-state index contributed by atoms with van der Waals surface area (Å²) >= 11 is 0. The standard InChI is InChI=1S/C14H26N2O4/c1-4-5-7-20-8-6-15-14(19)16-10-12(13(17)18)9-11(2)3/h4,11-12H,1,5-10H2,2-3H3,(H,17,18)(H2,15,16,19). The van der Waals surface area contributed by atoms with Crippen LogP contribution in [0.15, 0.2) is 12.7 Å². The van der Waals surface area contributed by atoms with Crippen LogP contribution >= 0.6 is 0 Å². The summed E-state index contributed by atoms with van der Waals surface area (Å²) in [5.74, 6) is -1.16. The molecule has 6 nitrogen and oxygen atoms in total. The number of carboxylic acid groups (broad SMARTS) is 1. The third-order valence-corrected chi connectivity index (χ3v) is 2.61. The van der Waals surface area contributed by atoms with Gasteiger partial charge in [0.25, 0.3) is 0 Å². The number of nitrogens with one attached hydrogen (secondary N) is 2. The van der Waals surface area contributed by atoms with Gasteiger partial charge in [-0.25, -0.2) is 4.79 Å². The average molecular weight is 286 g/mol. The monoisotopic (exact) mass is 286 g/mol. The highest BCUT2D eigenvalue weighted by Crippen LogP contribution is 2.10. The van der Waals surface area contributed by atoms with Crippen LogP contribution in [0, 0.1) is 11.8 Å². The minimum absolute atomic E-state index is 0.136. The molecule has 6 heteroatoms. The molecule has 1 unspecified atom stereocenters. The highest BCUT2D eigenvalue weighted by molar-refractivity contribution is 5.75. The Morgan fingerprint density at radius 1 is 1.30 bits per heavy atom. The Morgan fingerprint density at radius 2 is 2.00 bits per heavy atom. The minimum atomic E-state index is -0.883. The van der Waals surface area contributed by atoms with Crippen LogP contribution in [0.3, 0.4) is 0 Å². The van der Waals surface area contributed by atoms with Gasteiger partial charge in [0.2, 0.25) is 0 Å². The predicted octanol–water partition coefficient (Wildman–Crippen LogP) is 1.63. The molecule has 0 aliphatic rings. The van der Waals surface area contributed by atoms with E-state index in [2.05, 4.69) is 17.2 Å². The lowest BCUT2D eigenvalue weighted by atomic mass is 9.97. The molecule has 0 aliphatic heterocycles. The number of aliphatic carboxylic acids is 1. The summed E-state index contributed by atoms with van der Waals surface area (Å²) in [6.45, 7) is 9.03. The van der Waals surface area contributed by atoms with Crippen LogP contribution < -0.4 is 10.6 Å². The number of carbonyl (C=O) groups is 2. The summed E-state index contributed by atoms with van der Waals surface area (Å²) in [6.07, 6.45) is 3.09. The number of carboxylic acids is 1. The van der Waals surface area contributed by atoms with E-state index >= 15 is 0 Å². The predicted molar refractivity (Wildman–Crippen MR) is 77.6 cm³/mol. The van der Waals surface area contributed by atoms with Crippen molar-refractivity contribution in [2.75, 3.05) is 26.3 Å². The fourth-order valence-corrected chi connectivity index (χ4v) is 1.62. The van der Waals surface area contributed by atoms with Crippen LogP contribution in [0.2, 0.25) is 0 Å². The van der Waals surface area contributed by atoms with E-state index in [1.165, 1.54) is 0 Å². The normalized spacial score (nSPS) is 11.9. The van der Waals surface area contributed by atoms with Gasteiger partial charge in [-0.2, -0.15) is 0 Å². The van der Waals surface area contributed by atoms with Gasteiger partial charge in [-0.3, -0.25) is 4.79 Å². The Balaban J connectivity index is 3.73. The molecule has 0 aromatic carbocycles. The van der Waals surface area contributed by atoms with Crippen molar-refractivity contribution in [2.45, 2.75) is 26.7 Å². The van der Waals surface area contributed by atoms with E-state index in [1.54, 1.807) is 6.08 Å². The van der Waals surface area contributed by atoms with Crippen LogP contribution in [-0.4, -0.2) is 43.4 Å². The van der Waals surface area contributed by atoms with Crippen molar-refractivity contribution in [3.8, 4) is 0 Å². The van der Waals surface area contributed by atoms with E-state index in [1.807, 2.05) is 13.8 Å². The second-order valence-corrected chi connectivity index (χ2v) is 4.99. The Bertz CT molecular complexity index is 306. The molecule has 0 saturated carbocycles. The first-order valence-electron chi connectivity index (χ1n) is 6.90. The molecule has 2 amide bonds. The molecular formula is C14H26N2O4. The van der Waals surface area contributed by atoms with E-state index < -0.39 is 11.9 Å². The van der Waals surface area contributed by atoms with Crippen LogP contribution in [0.4, 0.5) is 4.79 Å². The number of hydrogen-bond acceptors (Lipinski definition) is 3. The summed E-state index contributed by atoms with van der Waals surface area (Å²) in [4.78, 5) is 22.5. The number of hydrogen-bond donors (Lipinski definition) is 3. The number of rotatable bonds is 11. The zero-order chi connectivity index (χ0) is 15.4. The Kier molecular flexibility index (Phi) is 10.4. The lowest BCUT2D eigenvalue weighted by Crippen LogP contribution is -2.41. The summed E-state index contributed by atoms with van der Waals surface area (Å²) in [7, 11) is 0. The van der Waals surface area contributed by atoms with Crippen molar-refractivity contribution in [1.82, 2.24) is 10.6 Å². The first-order chi connectivity index (χ1) is 9.47. The molecule has 116 valence electrons. The molecule has 0 rings (SSSR count). The van der Waals surface area contributed by atoms with Crippen LogP contribution in [0.1, 0.15) is 26.7 Å². The molecule has 0 aromatic rings. The van der Waals surface area contributed by atoms with Crippen LogP contribution in [-0.2, 0) is 9.53 Å². The van der Waals surface area contributed by atoms with Crippen LogP contribution in [0.25, 0.3) is 0 Å². The van der Waals surface area contributed by atoms with E-state index in [0.29, 0.717) is 26.2 Å². The lowest BCUT2D eigenvalue weighted by Gasteiger charge is -2.15. The zero-order valence-electron chi connectivity index (χ0n) is 12.4. The molecule has 1 atom stereocenters. The third-order valence-electron chi connectivity index (χ3n) is 2.61. The molecule has 0 aliphatic carbocycles. The first kappa shape index (κ1) is 18.4. The molecule has 0 bridgehead atoms. The van der Waals surface area contributed by atoms with E-state index in [0.717, 1.165) is 6.42 Å². The first-order valence-corrected chi connectivity index (χ1v) is 6.90. The molecule has 0 saturated heterocycles. The highest BCUT2D eigenvalue weighted by atomic mass is 16.5. The van der Waals surface area contributed by atoms with Gasteiger partial charge in [0.1, 0.15) is 0 Å². The summed E-state index contributed by atoms with van der Waals surface area (Å²) < 4.78 is 5.23. The molecule has 3 N–H and O–H groups in total. The van der Waals surface area contributed by atoms with E-state index in [-0.39, 0.29) is 18.5 Å². The largest absolute Gasteiger partial charge is 0.481 e. The summed E-state index contributed by atoms with van der Waals surface area (Å²) in [5.41, 5.74) is 0. The minimum Gasteiger partial charge on any atom is -0.481 e. The zero-order valence-corrected chi connectivity index (χ0v) is 12.4. The maximum Gasteiger partial charge on any atom is 0.314 e. The topological polar surface area (TPSA) is 87.7 Å². The van der Waals surface area contributed by atoms with Gasteiger partial charge >= 0.3 is 12.0 Å². The second kappa shape index (κ2) is 11.3.